The summed E-state index contributed by atoms with van der Waals surface area (Å²) in [5, 5.41) is 2.91. The lowest BCUT2D eigenvalue weighted by molar-refractivity contribution is 0.0950. The van der Waals surface area contributed by atoms with E-state index in [1.54, 1.807) is 12.3 Å². The van der Waals surface area contributed by atoms with Crippen LogP contribution in [-0.2, 0) is 6.54 Å². The van der Waals surface area contributed by atoms with Crippen LogP contribution in [-0.4, -0.2) is 15.9 Å². The molecule has 1 amide bonds. The van der Waals surface area contributed by atoms with Crippen LogP contribution in [0.1, 0.15) is 16.1 Å². The van der Waals surface area contributed by atoms with Crippen LogP contribution < -0.4 is 5.32 Å². The fraction of sp³-hybridized carbons (Fsp3) is 0.0833. The van der Waals surface area contributed by atoms with E-state index in [9.17, 15) is 4.79 Å². The number of halogens is 2. The zero-order valence-electron chi connectivity index (χ0n) is 9.23. The number of hydrogen-bond acceptors (Lipinski definition) is 3. The van der Waals surface area contributed by atoms with Crippen molar-refractivity contribution >= 4 is 33.4 Å². The molecule has 0 aliphatic rings. The third-order valence-electron chi connectivity index (χ3n) is 2.21. The van der Waals surface area contributed by atoms with Crippen LogP contribution in [0.3, 0.4) is 0 Å². The monoisotopic (exact) mass is 325 g/mol. The minimum atomic E-state index is -0.278. The maximum absolute atomic E-state index is 11.9. The van der Waals surface area contributed by atoms with Crippen LogP contribution in [0, 0.1) is 0 Å². The highest BCUT2D eigenvalue weighted by atomic mass is 79.9. The lowest BCUT2D eigenvalue weighted by atomic mass is 10.2. The molecular weight excluding hydrogens is 318 g/mol. The van der Waals surface area contributed by atoms with Gasteiger partial charge in [-0.05, 0) is 34.1 Å². The average Bonchev–Trinajstić information content (AvgIpc) is 2.40. The van der Waals surface area contributed by atoms with E-state index in [1.165, 1.54) is 6.20 Å². The summed E-state index contributed by atoms with van der Waals surface area (Å²) in [5.41, 5.74) is 1.12. The molecule has 2 rings (SSSR count). The first-order chi connectivity index (χ1) is 8.66. The van der Waals surface area contributed by atoms with E-state index in [-0.39, 0.29) is 11.1 Å². The number of carbonyl (C=O) groups excluding carboxylic acids is 1. The second kappa shape index (κ2) is 5.93. The number of rotatable bonds is 3. The van der Waals surface area contributed by atoms with Crippen LogP contribution in [0.2, 0.25) is 5.15 Å². The van der Waals surface area contributed by atoms with E-state index in [0.717, 1.165) is 5.69 Å². The lowest BCUT2D eigenvalue weighted by Crippen LogP contribution is -2.23. The van der Waals surface area contributed by atoms with Gasteiger partial charge in [-0.15, -0.1) is 0 Å². The van der Waals surface area contributed by atoms with Crippen molar-refractivity contribution in [2.24, 2.45) is 0 Å². The van der Waals surface area contributed by atoms with Gasteiger partial charge in [0.25, 0.3) is 5.91 Å². The van der Waals surface area contributed by atoms with Gasteiger partial charge in [0.2, 0.25) is 0 Å². The molecule has 0 unspecified atom stereocenters. The van der Waals surface area contributed by atoms with E-state index in [0.29, 0.717) is 16.6 Å². The number of aromatic nitrogens is 2. The number of nitrogens with one attached hydrogen (secondary N) is 1. The predicted octanol–water partition coefficient (Wildman–Crippen LogP) is 2.82. The molecule has 2 heterocycles. The molecule has 6 heteroatoms. The number of hydrogen-bond donors (Lipinski definition) is 1. The van der Waals surface area contributed by atoms with Crippen molar-refractivity contribution < 1.29 is 4.79 Å². The highest BCUT2D eigenvalue weighted by Gasteiger charge is 2.11. The van der Waals surface area contributed by atoms with Gasteiger partial charge in [-0.2, -0.15) is 0 Å². The van der Waals surface area contributed by atoms with Crippen molar-refractivity contribution in [3.8, 4) is 0 Å². The fourth-order valence-electron chi connectivity index (χ4n) is 1.35. The van der Waals surface area contributed by atoms with Crippen LogP contribution >= 0.6 is 27.5 Å². The highest BCUT2D eigenvalue weighted by molar-refractivity contribution is 9.10. The summed E-state index contributed by atoms with van der Waals surface area (Å²) in [5.74, 6) is -0.278. The Morgan fingerprint density at radius 3 is 2.94 bits per heavy atom. The SMILES string of the molecule is O=C(NCc1ccccn1)c1cc(Br)cnc1Cl. The number of nitrogens with zero attached hydrogens (tertiary/aromatic N) is 2. The molecule has 18 heavy (non-hydrogen) atoms. The summed E-state index contributed by atoms with van der Waals surface area (Å²) in [6.07, 6.45) is 3.22. The summed E-state index contributed by atoms with van der Waals surface area (Å²) in [6, 6.07) is 7.15. The molecule has 92 valence electrons. The molecule has 0 bridgehead atoms. The summed E-state index contributed by atoms with van der Waals surface area (Å²) in [4.78, 5) is 19.9. The second-order valence-electron chi connectivity index (χ2n) is 3.50. The maximum atomic E-state index is 11.9. The summed E-state index contributed by atoms with van der Waals surface area (Å²) >= 11 is 9.11. The number of carbonyl (C=O) groups is 1. The quantitative estimate of drug-likeness (QED) is 0.883. The maximum Gasteiger partial charge on any atom is 0.254 e. The van der Waals surface area contributed by atoms with E-state index in [4.69, 9.17) is 11.6 Å². The molecule has 0 atom stereocenters. The van der Waals surface area contributed by atoms with Gasteiger partial charge in [0.05, 0.1) is 17.8 Å². The Morgan fingerprint density at radius 2 is 2.22 bits per heavy atom. The van der Waals surface area contributed by atoms with Gasteiger partial charge in [-0.3, -0.25) is 9.78 Å². The zero-order valence-corrected chi connectivity index (χ0v) is 11.6. The van der Waals surface area contributed by atoms with Crippen LogP contribution in [0.4, 0.5) is 0 Å². The molecule has 1 N–H and O–H groups in total. The normalized spacial score (nSPS) is 10.1. The summed E-state index contributed by atoms with van der Waals surface area (Å²) in [7, 11) is 0. The van der Waals surface area contributed by atoms with Crippen LogP contribution in [0.15, 0.2) is 41.1 Å². The minimum absolute atomic E-state index is 0.178. The van der Waals surface area contributed by atoms with Crippen molar-refractivity contribution in [2.45, 2.75) is 6.54 Å². The van der Waals surface area contributed by atoms with E-state index < -0.39 is 0 Å². The van der Waals surface area contributed by atoms with Gasteiger partial charge in [0.1, 0.15) is 5.15 Å². The van der Waals surface area contributed by atoms with E-state index in [2.05, 4.69) is 31.2 Å². The zero-order chi connectivity index (χ0) is 13.0. The molecule has 0 aromatic carbocycles. The van der Waals surface area contributed by atoms with Crippen molar-refractivity contribution in [1.82, 2.24) is 15.3 Å². The van der Waals surface area contributed by atoms with Gasteiger partial charge in [-0.1, -0.05) is 17.7 Å². The Morgan fingerprint density at radius 1 is 1.39 bits per heavy atom. The predicted molar refractivity (Wildman–Crippen MR) is 72.4 cm³/mol. The molecule has 0 fully saturated rings. The molecular formula is C12H9BrClN3O. The first kappa shape index (κ1) is 13.0. The van der Waals surface area contributed by atoms with Gasteiger partial charge < -0.3 is 5.32 Å². The molecule has 0 aliphatic carbocycles. The molecule has 2 aromatic rings. The molecule has 0 radical (unpaired) electrons. The average molecular weight is 327 g/mol. The van der Waals surface area contributed by atoms with Gasteiger partial charge in [0.15, 0.2) is 0 Å². The standard InChI is InChI=1S/C12H9BrClN3O/c13-8-5-10(11(14)16-6-8)12(18)17-7-9-3-1-2-4-15-9/h1-6H,7H2,(H,17,18). The summed E-state index contributed by atoms with van der Waals surface area (Å²) in [6.45, 7) is 0.350. The molecule has 0 saturated heterocycles. The molecule has 0 spiro atoms. The Labute approximate surface area is 118 Å². The first-order valence-corrected chi connectivity index (χ1v) is 6.33. The van der Waals surface area contributed by atoms with Crippen molar-refractivity contribution in [2.75, 3.05) is 0 Å². The summed E-state index contributed by atoms with van der Waals surface area (Å²) < 4.78 is 0.704. The topological polar surface area (TPSA) is 54.9 Å². The lowest BCUT2D eigenvalue weighted by Gasteiger charge is -2.06. The smallest absolute Gasteiger partial charge is 0.254 e. The molecule has 2 aromatic heterocycles. The Kier molecular flexibility index (Phi) is 4.28. The molecule has 4 nitrogen and oxygen atoms in total. The first-order valence-electron chi connectivity index (χ1n) is 5.16. The highest BCUT2D eigenvalue weighted by Crippen LogP contribution is 2.17. The number of pyridine rings is 2. The largest absolute Gasteiger partial charge is 0.346 e. The third-order valence-corrected chi connectivity index (χ3v) is 2.94. The van der Waals surface area contributed by atoms with Crippen LogP contribution in [0.5, 0.6) is 0 Å². The second-order valence-corrected chi connectivity index (χ2v) is 4.77. The van der Waals surface area contributed by atoms with Crippen molar-refractivity contribution in [3.05, 3.63) is 57.5 Å². The van der Waals surface area contributed by atoms with E-state index in [1.807, 2.05) is 18.2 Å². The van der Waals surface area contributed by atoms with E-state index >= 15 is 0 Å². The van der Waals surface area contributed by atoms with Crippen molar-refractivity contribution in [1.29, 1.82) is 0 Å². The minimum Gasteiger partial charge on any atom is -0.346 e. The van der Waals surface area contributed by atoms with Crippen molar-refractivity contribution in [3.63, 3.8) is 0 Å². The van der Waals surface area contributed by atoms with Gasteiger partial charge >= 0.3 is 0 Å². The number of amides is 1. The third kappa shape index (κ3) is 3.27. The fourth-order valence-corrected chi connectivity index (χ4v) is 1.87. The van der Waals surface area contributed by atoms with Gasteiger partial charge in [-0.25, -0.2) is 4.98 Å². The Hall–Kier alpha value is -1.46. The Balaban J connectivity index is 2.06. The van der Waals surface area contributed by atoms with Gasteiger partial charge in [0, 0.05) is 16.9 Å². The van der Waals surface area contributed by atoms with Crippen LogP contribution in [0.25, 0.3) is 0 Å². The molecule has 0 saturated carbocycles. The molecule has 0 aliphatic heterocycles. The Bertz CT molecular complexity index is 563.